The van der Waals surface area contributed by atoms with E-state index in [1.54, 1.807) is 34.1 Å². The lowest BCUT2D eigenvalue weighted by Gasteiger charge is -2.27. The van der Waals surface area contributed by atoms with Crippen molar-refractivity contribution >= 4 is 35.3 Å². The average molecular weight is 473 g/mol. The van der Waals surface area contributed by atoms with Crippen molar-refractivity contribution in [1.29, 1.82) is 0 Å². The molecule has 0 aromatic heterocycles. The number of hydrogen-bond acceptors (Lipinski definition) is 2. The number of carbonyl (C=O) groups is 2. The van der Waals surface area contributed by atoms with Crippen molar-refractivity contribution in [2.75, 3.05) is 22.9 Å². The molecule has 0 bridgehead atoms. The topological polar surface area (TPSA) is 40.6 Å². The molecule has 4 nitrogen and oxygen atoms in total. The van der Waals surface area contributed by atoms with Gasteiger partial charge in [0.25, 0.3) is 11.8 Å². The highest BCUT2D eigenvalue weighted by atomic mass is 16.2. The maximum absolute atomic E-state index is 13.3. The van der Waals surface area contributed by atoms with Gasteiger partial charge in [-0.3, -0.25) is 9.59 Å². The molecule has 0 spiro atoms. The first-order valence-corrected chi connectivity index (χ1v) is 11.9. The number of carbonyl (C=O) groups excluding carboxylic acids is 2. The lowest BCUT2D eigenvalue weighted by Crippen LogP contribution is -2.40. The van der Waals surface area contributed by atoms with Gasteiger partial charge in [0.05, 0.1) is 0 Å². The Kier molecular flexibility index (Phi) is 8.60. The van der Waals surface area contributed by atoms with Crippen molar-refractivity contribution in [3.63, 3.8) is 0 Å². The second-order valence-corrected chi connectivity index (χ2v) is 8.14. The van der Waals surface area contributed by atoms with E-state index in [-0.39, 0.29) is 11.8 Å². The third-order valence-corrected chi connectivity index (χ3v) is 5.65. The molecule has 0 radical (unpaired) electrons. The first kappa shape index (κ1) is 24.4. The molecule has 0 aliphatic carbocycles. The second-order valence-electron chi connectivity index (χ2n) is 8.14. The van der Waals surface area contributed by atoms with E-state index in [0.29, 0.717) is 13.1 Å². The molecule has 2 amide bonds. The van der Waals surface area contributed by atoms with Crippen LogP contribution in [0.3, 0.4) is 0 Å². The van der Waals surface area contributed by atoms with Crippen LogP contribution < -0.4 is 9.80 Å². The standard InChI is InChI=1S/C32H28N2O2/c35-31(23-21-27-13-5-1-6-14-27)33(29-17-9-3-10-18-29)25-26-34(30-19-11-4-12-20-30)32(36)24-22-28-15-7-2-8-16-28/h1-24H,25-26H2/b23-21-,24-22-. The van der Waals surface area contributed by atoms with Gasteiger partial charge in [0, 0.05) is 36.6 Å². The molecule has 0 aliphatic rings. The van der Waals surface area contributed by atoms with Crippen LogP contribution in [0, 0.1) is 0 Å². The van der Waals surface area contributed by atoms with Gasteiger partial charge >= 0.3 is 0 Å². The van der Waals surface area contributed by atoms with Gasteiger partial charge in [0.15, 0.2) is 0 Å². The predicted octanol–water partition coefficient (Wildman–Crippen LogP) is 6.48. The lowest BCUT2D eigenvalue weighted by atomic mass is 10.2. The van der Waals surface area contributed by atoms with Gasteiger partial charge in [-0.15, -0.1) is 0 Å². The summed E-state index contributed by atoms with van der Waals surface area (Å²) in [5.41, 5.74) is 3.46. The fourth-order valence-corrected chi connectivity index (χ4v) is 3.79. The Labute approximate surface area is 212 Å². The fraction of sp³-hybridized carbons (Fsp3) is 0.0625. The first-order chi connectivity index (χ1) is 17.7. The predicted molar refractivity (Wildman–Crippen MR) is 149 cm³/mol. The van der Waals surface area contributed by atoms with E-state index in [0.717, 1.165) is 22.5 Å². The Hall–Kier alpha value is -4.70. The van der Waals surface area contributed by atoms with Crippen LogP contribution in [0.15, 0.2) is 133 Å². The monoisotopic (exact) mass is 472 g/mol. The molecule has 36 heavy (non-hydrogen) atoms. The molecule has 0 fully saturated rings. The van der Waals surface area contributed by atoms with Crippen LogP contribution in [-0.2, 0) is 9.59 Å². The largest absolute Gasteiger partial charge is 0.307 e. The Morgan fingerprint density at radius 1 is 0.472 bits per heavy atom. The second kappa shape index (κ2) is 12.7. The van der Waals surface area contributed by atoms with Crippen LogP contribution >= 0.6 is 0 Å². The van der Waals surface area contributed by atoms with Crippen molar-refractivity contribution in [3.05, 3.63) is 145 Å². The van der Waals surface area contributed by atoms with Gasteiger partial charge in [-0.05, 0) is 47.5 Å². The Bertz CT molecular complexity index is 1200. The zero-order valence-corrected chi connectivity index (χ0v) is 20.0. The highest BCUT2D eigenvalue weighted by molar-refractivity contribution is 6.05. The van der Waals surface area contributed by atoms with Crippen LogP contribution in [-0.4, -0.2) is 24.9 Å². The minimum atomic E-state index is -0.148. The maximum atomic E-state index is 13.3. The molecule has 178 valence electrons. The molecule has 4 aromatic rings. The third-order valence-electron chi connectivity index (χ3n) is 5.65. The molecule has 4 aromatic carbocycles. The third kappa shape index (κ3) is 6.90. The van der Waals surface area contributed by atoms with E-state index < -0.39 is 0 Å². The van der Waals surface area contributed by atoms with Crippen LogP contribution in [0.4, 0.5) is 11.4 Å². The van der Waals surface area contributed by atoms with Crippen LogP contribution in [0.2, 0.25) is 0 Å². The molecule has 0 unspecified atom stereocenters. The Balaban J connectivity index is 1.56. The number of rotatable bonds is 9. The van der Waals surface area contributed by atoms with Gasteiger partial charge in [0.2, 0.25) is 0 Å². The minimum absolute atomic E-state index is 0.148. The van der Waals surface area contributed by atoms with Gasteiger partial charge in [-0.2, -0.15) is 0 Å². The number of anilines is 2. The van der Waals surface area contributed by atoms with E-state index in [1.165, 1.54) is 0 Å². The number of para-hydroxylation sites is 2. The smallest absolute Gasteiger partial charge is 0.251 e. The summed E-state index contributed by atoms with van der Waals surface area (Å²) in [4.78, 5) is 29.9. The first-order valence-electron chi connectivity index (χ1n) is 11.9. The summed E-state index contributed by atoms with van der Waals surface area (Å²) in [7, 11) is 0. The highest BCUT2D eigenvalue weighted by Gasteiger charge is 2.18. The molecule has 0 saturated carbocycles. The molecule has 4 heteroatoms. The molecule has 0 atom stereocenters. The van der Waals surface area contributed by atoms with E-state index in [2.05, 4.69) is 0 Å². The van der Waals surface area contributed by atoms with Gasteiger partial charge in [0.1, 0.15) is 0 Å². The molecule has 0 aliphatic heterocycles. The van der Waals surface area contributed by atoms with Gasteiger partial charge in [-0.25, -0.2) is 0 Å². The summed E-state index contributed by atoms with van der Waals surface area (Å²) in [5, 5.41) is 0. The Morgan fingerprint density at radius 3 is 1.11 bits per heavy atom. The van der Waals surface area contributed by atoms with Crippen molar-refractivity contribution < 1.29 is 9.59 Å². The van der Waals surface area contributed by atoms with E-state index in [4.69, 9.17) is 0 Å². The summed E-state index contributed by atoms with van der Waals surface area (Å²) in [6.07, 6.45) is 6.76. The zero-order valence-electron chi connectivity index (χ0n) is 20.0. The fourth-order valence-electron chi connectivity index (χ4n) is 3.79. The molecule has 0 N–H and O–H groups in total. The van der Waals surface area contributed by atoms with Crippen LogP contribution in [0.1, 0.15) is 11.1 Å². The van der Waals surface area contributed by atoms with Crippen molar-refractivity contribution in [2.45, 2.75) is 0 Å². The van der Waals surface area contributed by atoms with Crippen LogP contribution in [0.25, 0.3) is 12.2 Å². The Morgan fingerprint density at radius 2 is 0.778 bits per heavy atom. The molecule has 4 rings (SSSR count). The summed E-state index contributed by atoms with van der Waals surface area (Å²) in [6.45, 7) is 0.670. The zero-order chi connectivity index (χ0) is 25.0. The molecule has 0 saturated heterocycles. The molecular weight excluding hydrogens is 444 g/mol. The minimum Gasteiger partial charge on any atom is -0.307 e. The number of benzene rings is 4. The van der Waals surface area contributed by atoms with E-state index in [9.17, 15) is 9.59 Å². The van der Waals surface area contributed by atoms with Gasteiger partial charge < -0.3 is 9.80 Å². The van der Waals surface area contributed by atoms with Crippen molar-refractivity contribution in [3.8, 4) is 0 Å². The maximum Gasteiger partial charge on any atom is 0.251 e. The SMILES string of the molecule is O=C(/C=C\c1ccccc1)N(CCN(C(=O)/C=C\c1ccccc1)c1ccccc1)c1ccccc1. The average Bonchev–Trinajstić information content (AvgIpc) is 2.95. The van der Waals surface area contributed by atoms with E-state index in [1.807, 2.05) is 121 Å². The summed E-state index contributed by atoms with van der Waals surface area (Å²) < 4.78 is 0. The van der Waals surface area contributed by atoms with Crippen molar-refractivity contribution in [2.24, 2.45) is 0 Å². The number of amides is 2. The number of hydrogen-bond donors (Lipinski definition) is 0. The summed E-state index contributed by atoms with van der Waals surface area (Å²) in [6, 6.07) is 38.5. The van der Waals surface area contributed by atoms with Crippen molar-refractivity contribution in [1.82, 2.24) is 0 Å². The highest BCUT2D eigenvalue weighted by Crippen LogP contribution is 2.18. The summed E-state index contributed by atoms with van der Waals surface area (Å²) >= 11 is 0. The van der Waals surface area contributed by atoms with Gasteiger partial charge in [-0.1, -0.05) is 97.1 Å². The van der Waals surface area contributed by atoms with Crippen LogP contribution in [0.5, 0.6) is 0 Å². The summed E-state index contributed by atoms with van der Waals surface area (Å²) in [5.74, 6) is -0.296. The molecular formula is C32H28N2O2. The number of nitrogens with zero attached hydrogens (tertiary/aromatic N) is 2. The quantitative estimate of drug-likeness (QED) is 0.262. The molecule has 0 heterocycles. The lowest BCUT2D eigenvalue weighted by molar-refractivity contribution is -0.115. The normalized spacial score (nSPS) is 11.0. The van der Waals surface area contributed by atoms with E-state index >= 15 is 0 Å².